The van der Waals surface area contributed by atoms with Gasteiger partial charge in [-0.2, -0.15) is 4.98 Å². The van der Waals surface area contributed by atoms with E-state index in [2.05, 4.69) is 20.9 Å². The Bertz CT molecular complexity index is 668. The van der Waals surface area contributed by atoms with Gasteiger partial charge in [-0.05, 0) is 43.2 Å². The molecule has 1 aromatic carbocycles. The number of rotatable bonds is 3. The molecule has 0 radical (unpaired) electrons. The third-order valence-corrected chi connectivity index (χ3v) is 4.09. The van der Waals surface area contributed by atoms with E-state index in [1.165, 1.54) is 12.1 Å². The maximum atomic E-state index is 10.9. The second kappa shape index (κ2) is 5.76. The van der Waals surface area contributed by atoms with Crippen LogP contribution in [0.3, 0.4) is 0 Å². The fourth-order valence-electron chi connectivity index (χ4n) is 1.70. The number of hydrogen-bond acceptors (Lipinski definition) is 4. The lowest BCUT2D eigenvalue weighted by atomic mass is 10.1. The van der Waals surface area contributed by atoms with Gasteiger partial charge in [0.25, 0.3) is 0 Å². The van der Waals surface area contributed by atoms with Crippen molar-refractivity contribution in [1.82, 2.24) is 4.98 Å². The summed E-state index contributed by atoms with van der Waals surface area (Å²) < 4.78 is 6.48. The topological polar surface area (TPSA) is 65.3 Å². The highest BCUT2D eigenvalue weighted by Crippen LogP contribution is 2.33. The molecule has 20 heavy (non-hydrogen) atoms. The molecule has 7 heteroatoms. The van der Waals surface area contributed by atoms with E-state index in [9.17, 15) is 10.1 Å². The van der Waals surface area contributed by atoms with E-state index in [1.54, 1.807) is 12.1 Å². The number of benzene rings is 1. The Morgan fingerprint density at radius 3 is 2.45 bits per heavy atom. The summed E-state index contributed by atoms with van der Waals surface area (Å²) in [6.45, 7) is 3.81. The van der Waals surface area contributed by atoms with Crippen LogP contribution in [-0.4, -0.2) is 9.91 Å². The van der Waals surface area contributed by atoms with E-state index < -0.39 is 4.92 Å². The van der Waals surface area contributed by atoms with Gasteiger partial charge in [-0.15, -0.1) is 0 Å². The molecule has 0 unspecified atom stereocenters. The van der Waals surface area contributed by atoms with Crippen LogP contribution in [0.5, 0.6) is 11.6 Å². The van der Waals surface area contributed by atoms with E-state index >= 15 is 0 Å². The van der Waals surface area contributed by atoms with Crippen molar-refractivity contribution in [3.8, 4) is 11.6 Å². The van der Waals surface area contributed by atoms with Crippen molar-refractivity contribution < 1.29 is 9.66 Å². The number of pyridine rings is 1. The van der Waals surface area contributed by atoms with Crippen LogP contribution in [0.25, 0.3) is 0 Å². The molecule has 0 fully saturated rings. The first-order valence-electron chi connectivity index (χ1n) is 5.64. The Morgan fingerprint density at radius 1 is 1.30 bits per heavy atom. The molecule has 0 aliphatic rings. The molecule has 0 bridgehead atoms. The zero-order chi connectivity index (χ0) is 14.9. The molecule has 104 valence electrons. The van der Waals surface area contributed by atoms with Crippen LogP contribution in [0.2, 0.25) is 5.15 Å². The van der Waals surface area contributed by atoms with Crippen LogP contribution in [0.4, 0.5) is 5.69 Å². The van der Waals surface area contributed by atoms with Crippen molar-refractivity contribution in [1.29, 1.82) is 0 Å². The molecule has 0 spiro atoms. The zero-order valence-corrected chi connectivity index (χ0v) is 13.0. The van der Waals surface area contributed by atoms with Gasteiger partial charge in [-0.1, -0.05) is 27.5 Å². The van der Waals surface area contributed by atoms with Crippen molar-refractivity contribution in [2.75, 3.05) is 0 Å². The Morgan fingerprint density at radius 2 is 1.90 bits per heavy atom. The number of nitro groups is 1. The van der Waals surface area contributed by atoms with E-state index in [-0.39, 0.29) is 16.7 Å². The number of aryl methyl sites for hydroxylation is 2. The molecule has 1 aromatic heterocycles. The van der Waals surface area contributed by atoms with Crippen LogP contribution >= 0.6 is 27.5 Å². The molecular formula is C13H10BrClN2O3. The van der Waals surface area contributed by atoms with Crippen molar-refractivity contribution in [3.05, 3.63) is 55.1 Å². The van der Waals surface area contributed by atoms with Crippen LogP contribution < -0.4 is 4.74 Å². The minimum Gasteiger partial charge on any atom is -0.434 e. The Labute approximate surface area is 128 Å². The lowest BCUT2D eigenvalue weighted by molar-refractivity contribution is -0.386. The average molecular weight is 358 g/mol. The van der Waals surface area contributed by atoms with E-state index in [0.717, 1.165) is 15.6 Å². The first-order valence-corrected chi connectivity index (χ1v) is 6.81. The largest absolute Gasteiger partial charge is 0.434 e. The average Bonchev–Trinajstić information content (AvgIpc) is 2.35. The summed E-state index contributed by atoms with van der Waals surface area (Å²) in [7, 11) is 0. The molecule has 5 nitrogen and oxygen atoms in total. The summed E-state index contributed by atoms with van der Waals surface area (Å²) in [5.74, 6) is 0.352. The Balaban J connectivity index is 2.44. The van der Waals surface area contributed by atoms with Crippen LogP contribution in [0.1, 0.15) is 11.1 Å². The number of hydrogen-bond donors (Lipinski definition) is 0. The Hall–Kier alpha value is -1.66. The van der Waals surface area contributed by atoms with Crippen LogP contribution in [-0.2, 0) is 0 Å². The van der Waals surface area contributed by atoms with Gasteiger partial charge < -0.3 is 4.74 Å². The molecule has 2 aromatic rings. The minimum atomic E-state index is -0.558. The maximum Gasteiger partial charge on any atom is 0.331 e. The highest BCUT2D eigenvalue weighted by atomic mass is 79.9. The van der Waals surface area contributed by atoms with Gasteiger partial charge in [0.05, 0.1) is 4.92 Å². The molecule has 1 heterocycles. The molecule has 0 amide bonds. The third kappa shape index (κ3) is 3.08. The van der Waals surface area contributed by atoms with Crippen molar-refractivity contribution in [3.63, 3.8) is 0 Å². The van der Waals surface area contributed by atoms with Gasteiger partial charge in [-0.3, -0.25) is 10.1 Å². The second-order valence-electron chi connectivity index (χ2n) is 4.19. The quantitative estimate of drug-likeness (QED) is 0.449. The fraction of sp³-hybridized carbons (Fsp3) is 0.154. The number of nitrogens with zero attached hydrogens (tertiary/aromatic N) is 2. The summed E-state index contributed by atoms with van der Waals surface area (Å²) in [5.41, 5.74) is 1.70. The van der Waals surface area contributed by atoms with E-state index in [1.807, 2.05) is 13.8 Å². The SMILES string of the molecule is Cc1cc(Oc2nc(Cl)ccc2[N+](=O)[O-])cc(C)c1Br. The summed E-state index contributed by atoms with van der Waals surface area (Å²) >= 11 is 9.20. The zero-order valence-electron chi connectivity index (χ0n) is 10.7. The van der Waals surface area contributed by atoms with Gasteiger partial charge >= 0.3 is 11.6 Å². The number of aromatic nitrogens is 1. The summed E-state index contributed by atoms with van der Waals surface area (Å²) in [6.07, 6.45) is 0. The third-order valence-electron chi connectivity index (χ3n) is 2.63. The monoisotopic (exact) mass is 356 g/mol. The molecule has 2 rings (SSSR count). The molecule has 0 aliphatic carbocycles. The van der Waals surface area contributed by atoms with Crippen molar-refractivity contribution >= 4 is 33.2 Å². The van der Waals surface area contributed by atoms with Crippen molar-refractivity contribution in [2.24, 2.45) is 0 Å². The van der Waals surface area contributed by atoms with Crippen LogP contribution in [0.15, 0.2) is 28.7 Å². The predicted molar refractivity (Wildman–Crippen MR) is 79.6 cm³/mol. The fourth-order valence-corrected chi connectivity index (χ4v) is 2.07. The van der Waals surface area contributed by atoms with E-state index in [4.69, 9.17) is 16.3 Å². The molecule has 0 N–H and O–H groups in total. The summed E-state index contributed by atoms with van der Waals surface area (Å²) in [6, 6.07) is 6.15. The number of ether oxygens (including phenoxy) is 1. The highest BCUT2D eigenvalue weighted by Gasteiger charge is 2.18. The van der Waals surface area contributed by atoms with Gasteiger partial charge in [0.15, 0.2) is 0 Å². The van der Waals surface area contributed by atoms with Crippen molar-refractivity contribution in [2.45, 2.75) is 13.8 Å². The smallest absolute Gasteiger partial charge is 0.331 e. The minimum absolute atomic E-state index is 0.122. The first-order chi connectivity index (χ1) is 9.38. The molecule has 0 saturated heterocycles. The molecule has 0 atom stereocenters. The first kappa shape index (κ1) is 14.7. The van der Waals surface area contributed by atoms with Crippen LogP contribution in [0, 0.1) is 24.0 Å². The van der Waals surface area contributed by atoms with Gasteiger partial charge in [0.2, 0.25) is 0 Å². The summed E-state index contributed by atoms with van der Waals surface area (Å²) in [5, 5.41) is 11.1. The standard InChI is InChI=1S/C13H10BrClN2O3/c1-7-5-9(6-8(2)12(7)14)20-13-10(17(18)19)3-4-11(15)16-13/h3-6H,1-2H3. The predicted octanol–water partition coefficient (Wildman–Crippen LogP) is 4.81. The van der Waals surface area contributed by atoms with Gasteiger partial charge in [-0.25, -0.2) is 0 Å². The second-order valence-corrected chi connectivity index (χ2v) is 5.37. The molecule has 0 aliphatic heterocycles. The maximum absolute atomic E-state index is 10.9. The lowest BCUT2D eigenvalue weighted by Gasteiger charge is -2.09. The Kier molecular flexibility index (Phi) is 4.25. The van der Waals surface area contributed by atoms with E-state index in [0.29, 0.717) is 5.75 Å². The molecule has 0 saturated carbocycles. The normalized spacial score (nSPS) is 10.4. The highest BCUT2D eigenvalue weighted by molar-refractivity contribution is 9.10. The lowest BCUT2D eigenvalue weighted by Crippen LogP contribution is -1.97. The molecular weight excluding hydrogens is 348 g/mol. The number of halogens is 2. The summed E-state index contributed by atoms with van der Waals surface area (Å²) in [4.78, 5) is 14.2. The van der Waals surface area contributed by atoms with Gasteiger partial charge in [0.1, 0.15) is 10.9 Å². The van der Waals surface area contributed by atoms with Gasteiger partial charge in [0, 0.05) is 10.5 Å².